The molecule has 0 atom stereocenters. The van der Waals surface area contributed by atoms with Crippen LogP contribution in [-0.2, 0) is 16.0 Å². The van der Waals surface area contributed by atoms with Crippen LogP contribution in [0.2, 0.25) is 0 Å². The van der Waals surface area contributed by atoms with E-state index >= 15 is 0 Å². The lowest BCUT2D eigenvalue weighted by molar-refractivity contribution is -0.137. The number of carbonyl (C=O) groups excluding carboxylic acids is 2. The maximum atomic E-state index is 12.6. The van der Waals surface area contributed by atoms with E-state index in [0.29, 0.717) is 32.7 Å². The normalized spacial score (nSPS) is 17.9. The van der Waals surface area contributed by atoms with Gasteiger partial charge in [0.05, 0.1) is 6.54 Å². The number of hydrogen-bond donors (Lipinski definition) is 0. The van der Waals surface area contributed by atoms with Crippen molar-refractivity contribution in [1.29, 1.82) is 0 Å². The zero-order valence-electron chi connectivity index (χ0n) is 14.0. The molecule has 0 radical (unpaired) electrons. The summed E-state index contributed by atoms with van der Waals surface area (Å²) < 4.78 is 0. The smallest absolute Gasteiger partial charge is 0.242 e. The summed E-state index contributed by atoms with van der Waals surface area (Å²) in [5, 5.41) is 0. The number of carbonyl (C=O) groups is 2. The Morgan fingerprint density at radius 1 is 1.04 bits per heavy atom. The molecule has 2 heterocycles. The fourth-order valence-electron chi connectivity index (χ4n) is 3.50. The first-order chi connectivity index (χ1) is 11.0. The zero-order chi connectivity index (χ0) is 16.4. The summed E-state index contributed by atoms with van der Waals surface area (Å²) in [5.74, 6) is 0.263. The molecular formula is C18H25N3O2. The van der Waals surface area contributed by atoms with Crippen molar-refractivity contribution >= 4 is 17.5 Å². The third kappa shape index (κ3) is 3.49. The Hall–Kier alpha value is -2.04. The lowest BCUT2D eigenvalue weighted by Gasteiger charge is -2.37. The maximum absolute atomic E-state index is 12.6. The molecule has 0 bridgehead atoms. The van der Waals surface area contributed by atoms with Crippen molar-refractivity contribution in [3.63, 3.8) is 0 Å². The van der Waals surface area contributed by atoms with E-state index in [2.05, 4.69) is 30.0 Å². The van der Waals surface area contributed by atoms with Gasteiger partial charge in [-0.25, -0.2) is 0 Å². The maximum Gasteiger partial charge on any atom is 0.242 e. The molecule has 5 nitrogen and oxygen atoms in total. The fourth-order valence-corrected chi connectivity index (χ4v) is 3.50. The monoisotopic (exact) mass is 315 g/mol. The van der Waals surface area contributed by atoms with E-state index in [4.69, 9.17) is 0 Å². The van der Waals surface area contributed by atoms with E-state index in [0.717, 1.165) is 19.4 Å². The van der Waals surface area contributed by atoms with Crippen LogP contribution in [0.4, 0.5) is 5.69 Å². The van der Waals surface area contributed by atoms with Crippen LogP contribution in [0.15, 0.2) is 18.2 Å². The Morgan fingerprint density at radius 2 is 1.74 bits per heavy atom. The van der Waals surface area contributed by atoms with E-state index < -0.39 is 0 Å². The minimum absolute atomic E-state index is 0.0948. The van der Waals surface area contributed by atoms with Crippen LogP contribution >= 0.6 is 0 Å². The average Bonchev–Trinajstić information content (AvgIpc) is 2.54. The second kappa shape index (κ2) is 6.60. The summed E-state index contributed by atoms with van der Waals surface area (Å²) >= 11 is 0. The molecule has 0 aromatic heterocycles. The van der Waals surface area contributed by atoms with Gasteiger partial charge in [0.15, 0.2) is 0 Å². The first-order valence-corrected chi connectivity index (χ1v) is 8.42. The molecule has 5 heteroatoms. The number of amides is 2. The number of hydrogen-bond acceptors (Lipinski definition) is 3. The van der Waals surface area contributed by atoms with Gasteiger partial charge in [-0.2, -0.15) is 0 Å². The van der Waals surface area contributed by atoms with Gasteiger partial charge in [-0.1, -0.05) is 17.7 Å². The van der Waals surface area contributed by atoms with Crippen molar-refractivity contribution in [1.82, 2.24) is 9.80 Å². The molecule has 0 N–H and O–H groups in total. The van der Waals surface area contributed by atoms with Gasteiger partial charge in [0.2, 0.25) is 11.8 Å². The summed E-state index contributed by atoms with van der Waals surface area (Å²) in [6, 6.07) is 6.50. The largest absolute Gasteiger partial charge is 0.362 e. The molecule has 3 rings (SSSR count). The lowest BCUT2D eigenvalue weighted by atomic mass is 9.99. The number of nitrogens with zero attached hydrogens (tertiary/aromatic N) is 3. The fraction of sp³-hybridized carbons (Fsp3) is 0.556. The molecule has 1 fully saturated rings. The summed E-state index contributed by atoms with van der Waals surface area (Å²) in [4.78, 5) is 29.9. The summed E-state index contributed by atoms with van der Waals surface area (Å²) in [5.41, 5.74) is 3.83. The highest BCUT2D eigenvalue weighted by atomic mass is 16.2. The molecule has 0 spiro atoms. The van der Waals surface area contributed by atoms with Crippen LogP contribution in [0.5, 0.6) is 0 Å². The van der Waals surface area contributed by atoms with E-state index in [1.165, 1.54) is 16.8 Å². The molecule has 0 saturated carbocycles. The van der Waals surface area contributed by atoms with E-state index in [9.17, 15) is 9.59 Å². The van der Waals surface area contributed by atoms with Crippen LogP contribution in [-0.4, -0.2) is 60.9 Å². The second-order valence-corrected chi connectivity index (χ2v) is 6.54. The summed E-state index contributed by atoms with van der Waals surface area (Å²) in [6.45, 7) is 7.67. The Kier molecular flexibility index (Phi) is 4.55. The third-order valence-electron chi connectivity index (χ3n) is 4.85. The molecule has 23 heavy (non-hydrogen) atoms. The number of piperazine rings is 1. The Balaban J connectivity index is 1.62. The quantitative estimate of drug-likeness (QED) is 0.829. The minimum Gasteiger partial charge on any atom is -0.362 e. The highest BCUT2D eigenvalue weighted by Gasteiger charge is 2.25. The molecule has 2 aliphatic heterocycles. The Labute approximate surface area is 137 Å². The number of aryl methyl sites for hydroxylation is 2. The van der Waals surface area contributed by atoms with Crippen LogP contribution in [0.25, 0.3) is 0 Å². The van der Waals surface area contributed by atoms with Crippen molar-refractivity contribution in [2.75, 3.05) is 44.2 Å². The minimum atomic E-state index is 0.0948. The lowest BCUT2D eigenvalue weighted by Crippen LogP contribution is -2.52. The first-order valence-electron chi connectivity index (χ1n) is 8.42. The van der Waals surface area contributed by atoms with Gasteiger partial charge in [0, 0.05) is 45.3 Å². The number of anilines is 1. The van der Waals surface area contributed by atoms with Crippen LogP contribution in [0.3, 0.4) is 0 Å². The van der Waals surface area contributed by atoms with Crippen LogP contribution in [0.1, 0.15) is 24.5 Å². The molecule has 124 valence electrons. The predicted molar refractivity (Wildman–Crippen MR) is 90.5 cm³/mol. The van der Waals surface area contributed by atoms with E-state index in [-0.39, 0.29) is 11.8 Å². The number of rotatable bonds is 2. The van der Waals surface area contributed by atoms with Crippen molar-refractivity contribution < 1.29 is 9.59 Å². The van der Waals surface area contributed by atoms with Crippen LogP contribution in [0, 0.1) is 6.92 Å². The van der Waals surface area contributed by atoms with Gasteiger partial charge >= 0.3 is 0 Å². The van der Waals surface area contributed by atoms with Gasteiger partial charge in [0.1, 0.15) is 0 Å². The van der Waals surface area contributed by atoms with E-state index in [1.807, 2.05) is 9.80 Å². The molecule has 1 saturated heterocycles. The third-order valence-corrected chi connectivity index (χ3v) is 4.85. The number of benzene rings is 1. The molecule has 1 aromatic rings. The van der Waals surface area contributed by atoms with Crippen molar-refractivity contribution in [2.45, 2.75) is 26.7 Å². The standard InChI is InChI=1S/C18H25N3O2/c1-14-5-6-17-16(12-14)4-3-7-21(17)13-18(23)20-10-8-19(9-11-20)15(2)22/h5-6,12H,3-4,7-11,13H2,1-2H3. The topological polar surface area (TPSA) is 43.9 Å². The molecule has 2 aliphatic rings. The van der Waals surface area contributed by atoms with Crippen molar-refractivity contribution in [2.24, 2.45) is 0 Å². The SMILES string of the molecule is CC(=O)N1CCN(C(=O)CN2CCCc3cc(C)ccc32)CC1. The highest BCUT2D eigenvalue weighted by Crippen LogP contribution is 2.27. The molecule has 0 aliphatic carbocycles. The van der Waals surface area contributed by atoms with Crippen molar-refractivity contribution in [3.8, 4) is 0 Å². The van der Waals surface area contributed by atoms with Gasteiger partial charge in [-0.3, -0.25) is 9.59 Å². The highest BCUT2D eigenvalue weighted by molar-refractivity contribution is 5.82. The van der Waals surface area contributed by atoms with Gasteiger partial charge in [-0.15, -0.1) is 0 Å². The second-order valence-electron chi connectivity index (χ2n) is 6.54. The number of fused-ring (bicyclic) bond motifs is 1. The molecular weight excluding hydrogens is 290 g/mol. The Morgan fingerprint density at radius 3 is 2.43 bits per heavy atom. The predicted octanol–water partition coefficient (Wildman–Crippen LogP) is 1.44. The first kappa shape index (κ1) is 15.8. The van der Waals surface area contributed by atoms with Crippen LogP contribution < -0.4 is 4.90 Å². The van der Waals surface area contributed by atoms with Crippen molar-refractivity contribution in [3.05, 3.63) is 29.3 Å². The Bertz CT molecular complexity index is 606. The van der Waals surface area contributed by atoms with Gasteiger partial charge in [-0.05, 0) is 31.4 Å². The van der Waals surface area contributed by atoms with Gasteiger partial charge < -0.3 is 14.7 Å². The van der Waals surface area contributed by atoms with E-state index in [1.54, 1.807) is 6.92 Å². The molecule has 1 aromatic carbocycles. The average molecular weight is 315 g/mol. The zero-order valence-corrected chi connectivity index (χ0v) is 14.0. The summed E-state index contributed by atoms with van der Waals surface area (Å²) in [7, 11) is 0. The van der Waals surface area contributed by atoms with Gasteiger partial charge in [0.25, 0.3) is 0 Å². The molecule has 0 unspecified atom stereocenters. The summed E-state index contributed by atoms with van der Waals surface area (Å²) in [6.07, 6.45) is 2.20. The molecule has 2 amide bonds.